The quantitative estimate of drug-likeness (QED) is 0.514. The highest BCUT2D eigenvalue weighted by molar-refractivity contribution is 7.20. The fourth-order valence-corrected chi connectivity index (χ4v) is 3.74. The Morgan fingerprint density at radius 3 is 2.85 bits per heavy atom. The van der Waals surface area contributed by atoms with Crippen LogP contribution < -0.4 is 5.32 Å². The zero-order valence-corrected chi connectivity index (χ0v) is 14.9. The lowest BCUT2D eigenvalue weighted by Gasteiger charge is -2.04. The molecule has 3 heterocycles. The Hall–Kier alpha value is -3.58. The van der Waals surface area contributed by atoms with Gasteiger partial charge in [-0.1, -0.05) is 24.3 Å². The SMILES string of the molecule is O=C(Nc1cccc(-c2cn3cccnc3n2)c1)c1nc2ccccc2s1. The summed E-state index contributed by atoms with van der Waals surface area (Å²) in [5.74, 6) is 0.418. The molecule has 0 saturated carbocycles. The summed E-state index contributed by atoms with van der Waals surface area (Å²) < 4.78 is 2.86. The number of nitrogens with zero attached hydrogens (tertiary/aromatic N) is 4. The summed E-state index contributed by atoms with van der Waals surface area (Å²) in [6.45, 7) is 0. The summed E-state index contributed by atoms with van der Waals surface area (Å²) >= 11 is 1.38. The lowest BCUT2D eigenvalue weighted by Crippen LogP contribution is -2.11. The molecule has 0 radical (unpaired) electrons. The van der Waals surface area contributed by atoms with Crippen LogP contribution in [0, 0.1) is 0 Å². The minimum Gasteiger partial charge on any atom is -0.320 e. The molecule has 0 bridgehead atoms. The molecule has 0 aliphatic carbocycles. The van der Waals surface area contributed by atoms with E-state index in [-0.39, 0.29) is 5.91 Å². The van der Waals surface area contributed by atoms with E-state index < -0.39 is 0 Å². The maximum Gasteiger partial charge on any atom is 0.284 e. The average molecular weight is 371 g/mol. The number of amides is 1. The number of nitrogens with one attached hydrogen (secondary N) is 1. The zero-order valence-electron chi connectivity index (χ0n) is 14.0. The molecule has 0 spiro atoms. The normalized spacial score (nSPS) is 11.1. The van der Waals surface area contributed by atoms with Crippen molar-refractivity contribution in [2.45, 2.75) is 0 Å². The number of carbonyl (C=O) groups is 1. The fraction of sp³-hybridized carbons (Fsp3) is 0. The number of fused-ring (bicyclic) bond motifs is 2. The van der Waals surface area contributed by atoms with E-state index in [1.165, 1.54) is 11.3 Å². The topological polar surface area (TPSA) is 72.2 Å². The van der Waals surface area contributed by atoms with Crippen molar-refractivity contribution in [3.63, 3.8) is 0 Å². The molecule has 7 heteroatoms. The summed E-state index contributed by atoms with van der Waals surface area (Å²) in [6.07, 6.45) is 5.52. The third-order valence-corrected chi connectivity index (χ3v) is 5.18. The molecule has 0 saturated heterocycles. The number of thiazole rings is 1. The Labute approximate surface area is 158 Å². The molecule has 0 aliphatic heterocycles. The van der Waals surface area contributed by atoms with Crippen LogP contribution in [0.4, 0.5) is 5.69 Å². The van der Waals surface area contributed by atoms with Gasteiger partial charge >= 0.3 is 0 Å². The number of para-hydroxylation sites is 1. The summed E-state index contributed by atoms with van der Waals surface area (Å²) in [7, 11) is 0. The largest absolute Gasteiger partial charge is 0.320 e. The minimum absolute atomic E-state index is 0.218. The van der Waals surface area contributed by atoms with Crippen molar-refractivity contribution < 1.29 is 4.79 Å². The predicted molar refractivity (Wildman–Crippen MR) is 106 cm³/mol. The van der Waals surface area contributed by atoms with Gasteiger partial charge in [0.25, 0.3) is 5.91 Å². The molecule has 5 aromatic rings. The van der Waals surface area contributed by atoms with Gasteiger partial charge in [0.15, 0.2) is 5.01 Å². The molecule has 0 aliphatic rings. The Balaban J connectivity index is 1.43. The predicted octanol–water partition coefficient (Wildman–Crippen LogP) is 4.26. The summed E-state index contributed by atoms with van der Waals surface area (Å²) in [4.78, 5) is 25.7. The van der Waals surface area contributed by atoms with Crippen LogP contribution in [0.2, 0.25) is 0 Å². The molecule has 1 N–H and O–H groups in total. The highest BCUT2D eigenvalue weighted by Crippen LogP contribution is 2.25. The number of benzene rings is 2. The maximum atomic E-state index is 12.6. The number of anilines is 1. The zero-order chi connectivity index (χ0) is 18.2. The first-order valence-electron chi connectivity index (χ1n) is 8.33. The van der Waals surface area contributed by atoms with Crippen molar-refractivity contribution >= 4 is 38.9 Å². The molecule has 130 valence electrons. The first-order valence-corrected chi connectivity index (χ1v) is 9.15. The molecule has 3 aromatic heterocycles. The molecular formula is C20H13N5OS. The monoisotopic (exact) mass is 371 g/mol. The van der Waals surface area contributed by atoms with Crippen molar-refractivity contribution in [2.24, 2.45) is 0 Å². The van der Waals surface area contributed by atoms with E-state index in [0.717, 1.165) is 21.5 Å². The maximum absolute atomic E-state index is 12.6. The van der Waals surface area contributed by atoms with Crippen LogP contribution in [-0.4, -0.2) is 25.3 Å². The number of carbonyl (C=O) groups excluding carboxylic acids is 1. The highest BCUT2D eigenvalue weighted by Gasteiger charge is 2.13. The van der Waals surface area contributed by atoms with Gasteiger partial charge in [-0.05, 0) is 30.3 Å². The molecule has 0 unspecified atom stereocenters. The first kappa shape index (κ1) is 15.7. The van der Waals surface area contributed by atoms with Gasteiger partial charge in [0.05, 0.1) is 15.9 Å². The van der Waals surface area contributed by atoms with Crippen molar-refractivity contribution in [2.75, 3.05) is 5.32 Å². The minimum atomic E-state index is -0.218. The average Bonchev–Trinajstić information content (AvgIpc) is 3.32. The Kier molecular flexibility index (Phi) is 3.65. The molecule has 6 nitrogen and oxygen atoms in total. The molecule has 5 rings (SSSR count). The van der Waals surface area contributed by atoms with Crippen molar-refractivity contribution in [3.05, 3.63) is 78.2 Å². The summed E-state index contributed by atoms with van der Waals surface area (Å²) in [5.41, 5.74) is 3.23. The van der Waals surface area contributed by atoms with Gasteiger partial charge in [-0.25, -0.2) is 15.0 Å². The van der Waals surface area contributed by atoms with E-state index in [9.17, 15) is 4.79 Å². The van der Waals surface area contributed by atoms with E-state index in [2.05, 4.69) is 20.3 Å². The van der Waals surface area contributed by atoms with Gasteiger partial charge in [0.1, 0.15) is 0 Å². The highest BCUT2D eigenvalue weighted by atomic mass is 32.1. The van der Waals surface area contributed by atoms with Crippen LogP contribution in [0.5, 0.6) is 0 Å². The van der Waals surface area contributed by atoms with E-state index in [0.29, 0.717) is 16.5 Å². The van der Waals surface area contributed by atoms with Crippen LogP contribution in [-0.2, 0) is 0 Å². The van der Waals surface area contributed by atoms with Crippen LogP contribution in [0.15, 0.2) is 73.2 Å². The third-order valence-electron chi connectivity index (χ3n) is 4.14. The van der Waals surface area contributed by atoms with Gasteiger partial charge in [-0.3, -0.25) is 9.20 Å². The van der Waals surface area contributed by atoms with Crippen molar-refractivity contribution in [1.82, 2.24) is 19.4 Å². The van der Waals surface area contributed by atoms with E-state index >= 15 is 0 Å². The molecule has 0 fully saturated rings. The van der Waals surface area contributed by atoms with Crippen LogP contribution in [0.1, 0.15) is 9.80 Å². The Morgan fingerprint density at radius 1 is 1.04 bits per heavy atom. The van der Waals surface area contributed by atoms with Gasteiger partial charge in [-0.2, -0.15) is 0 Å². The number of aromatic nitrogens is 4. The van der Waals surface area contributed by atoms with Crippen LogP contribution in [0.3, 0.4) is 0 Å². The summed E-state index contributed by atoms with van der Waals surface area (Å²) in [5, 5.41) is 3.36. The van der Waals surface area contributed by atoms with Crippen molar-refractivity contribution in [1.29, 1.82) is 0 Å². The van der Waals surface area contributed by atoms with Gasteiger partial charge in [0, 0.05) is 29.8 Å². The van der Waals surface area contributed by atoms with Gasteiger partial charge < -0.3 is 5.32 Å². The molecule has 0 atom stereocenters. The second-order valence-electron chi connectivity index (χ2n) is 5.97. The number of rotatable bonds is 3. The lowest BCUT2D eigenvalue weighted by atomic mass is 10.1. The van der Waals surface area contributed by atoms with Crippen LogP contribution in [0.25, 0.3) is 27.3 Å². The van der Waals surface area contributed by atoms with E-state index in [4.69, 9.17) is 0 Å². The Bertz CT molecular complexity index is 1220. The first-order chi connectivity index (χ1) is 13.3. The molecule has 27 heavy (non-hydrogen) atoms. The van der Waals surface area contributed by atoms with Crippen molar-refractivity contribution in [3.8, 4) is 11.3 Å². The number of hydrogen-bond acceptors (Lipinski definition) is 5. The van der Waals surface area contributed by atoms with Gasteiger partial charge in [-0.15, -0.1) is 11.3 Å². The second kappa shape index (κ2) is 6.30. The molecule has 2 aromatic carbocycles. The molecule has 1 amide bonds. The fourth-order valence-electron chi connectivity index (χ4n) is 2.88. The number of imidazole rings is 1. The van der Waals surface area contributed by atoms with E-state index in [1.807, 2.05) is 71.4 Å². The van der Waals surface area contributed by atoms with E-state index in [1.54, 1.807) is 6.20 Å². The smallest absolute Gasteiger partial charge is 0.284 e. The molecular weight excluding hydrogens is 358 g/mol. The standard InChI is InChI=1S/C20H13N5OS/c26-18(19-23-15-7-1-2-8-17(15)27-19)22-14-6-3-5-13(11-14)16-12-25-10-4-9-21-20(25)24-16/h1-12H,(H,22,26). The third kappa shape index (κ3) is 2.94. The second-order valence-corrected chi connectivity index (χ2v) is 7.01. The lowest BCUT2D eigenvalue weighted by molar-refractivity contribution is 0.102. The number of hydrogen-bond donors (Lipinski definition) is 1. The van der Waals surface area contributed by atoms with Crippen LogP contribution >= 0.6 is 11.3 Å². The summed E-state index contributed by atoms with van der Waals surface area (Å²) in [6, 6.07) is 17.2. The van der Waals surface area contributed by atoms with Gasteiger partial charge in [0.2, 0.25) is 5.78 Å². The Morgan fingerprint density at radius 2 is 1.96 bits per heavy atom.